The summed E-state index contributed by atoms with van der Waals surface area (Å²) >= 11 is 0. The van der Waals surface area contributed by atoms with Gasteiger partial charge in [-0.1, -0.05) is 17.3 Å². The fourth-order valence-corrected chi connectivity index (χ4v) is 2.72. The number of aryl methyl sites for hydroxylation is 1. The first kappa shape index (κ1) is 16.9. The van der Waals surface area contributed by atoms with E-state index in [4.69, 9.17) is 9.78 Å². The van der Waals surface area contributed by atoms with Crippen molar-refractivity contribution in [2.24, 2.45) is 0 Å². The maximum Gasteiger partial charge on any atom is 0.246 e. The van der Waals surface area contributed by atoms with E-state index in [0.29, 0.717) is 36.9 Å². The number of rotatable bonds is 4. The summed E-state index contributed by atoms with van der Waals surface area (Å²) in [6, 6.07) is 9.27. The molecule has 3 rings (SSSR count). The zero-order chi connectivity index (χ0) is 17.6. The highest BCUT2D eigenvalue weighted by atomic mass is 16.5. The number of nitrogens with zero attached hydrogens (tertiary/aromatic N) is 5. The molecule has 1 saturated heterocycles. The van der Waals surface area contributed by atoms with E-state index in [-0.39, 0.29) is 5.91 Å². The highest BCUT2D eigenvalue weighted by molar-refractivity contribution is 5.91. The lowest BCUT2D eigenvalue weighted by Crippen LogP contribution is -2.47. The first-order valence-electron chi connectivity index (χ1n) is 8.13. The molecule has 0 N–H and O–H groups in total. The summed E-state index contributed by atoms with van der Waals surface area (Å²) in [5, 5.41) is 12.8. The minimum atomic E-state index is -0.0163. The Hall–Kier alpha value is -2.98. The Morgan fingerprint density at radius 3 is 2.84 bits per heavy atom. The van der Waals surface area contributed by atoms with Crippen LogP contribution >= 0.6 is 0 Å². The molecule has 1 aliphatic heterocycles. The van der Waals surface area contributed by atoms with Crippen molar-refractivity contribution in [3.63, 3.8) is 0 Å². The molecule has 25 heavy (non-hydrogen) atoms. The van der Waals surface area contributed by atoms with Gasteiger partial charge in [0, 0.05) is 39.2 Å². The lowest BCUT2D eigenvalue weighted by Gasteiger charge is -2.33. The van der Waals surface area contributed by atoms with Crippen molar-refractivity contribution in [1.29, 1.82) is 5.26 Å². The lowest BCUT2D eigenvalue weighted by molar-refractivity contribution is -0.127. The van der Waals surface area contributed by atoms with Gasteiger partial charge in [0.1, 0.15) is 0 Å². The van der Waals surface area contributed by atoms with Gasteiger partial charge in [0.15, 0.2) is 5.82 Å². The third-order valence-corrected chi connectivity index (χ3v) is 4.05. The molecule has 2 heterocycles. The molecule has 0 bridgehead atoms. The van der Waals surface area contributed by atoms with E-state index in [1.165, 1.54) is 0 Å². The average Bonchev–Trinajstić information content (AvgIpc) is 3.05. The van der Waals surface area contributed by atoms with Crippen LogP contribution in [0.2, 0.25) is 0 Å². The first-order valence-corrected chi connectivity index (χ1v) is 8.13. The number of carbonyl (C=O) groups is 1. The van der Waals surface area contributed by atoms with E-state index in [1.54, 1.807) is 37.3 Å². The second-order valence-corrected chi connectivity index (χ2v) is 5.90. The minimum Gasteiger partial charge on any atom is -0.340 e. The summed E-state index contributed by atoms with van der Waals surface area (Å²) in [6.07, 6.45) is 3.31. The van der Waals surface area contributed by atoms with Crippen LogP contribution in [-0.2, 0) is 11.3 Å². The van der Waals surface area contributed by atoms with Gasteiger partial charge in [-0.2, -0.15) is 10.2 Å². The highest BCUT2D eigenvalue weighted by Gasteiger charge is 2.20. The SMILES string of the molecule is Cc1nc(CN2CCN(C(=O)/C=C\c3cccc(C#N)c3)CC2)no1. The molecule has 1 aromatic heterocycles. The van der Waals surface area contributed by atoms with Crippen molar-refractivity contribution in [3.8, 4) is 6.07 Å². The highest BCUT2D eigenvalue weighted by Crippen LogP contribution is 2.09. The van der Waals surface area contributed by atoms with Crippen molar-refractivity contribution >= 4 is 12.0 Å². The molecule has 0 aliphatic carbocycles. The number of hydrogen-bond acceptors (Lipinski definition) is 6. The molecule has 7 nitrogen and oxygen atoms in total. The van der Waals surface area contributed by atoms with E-state index in [1.807, 2.05) is 11.0 Å². The number of benzene rings is 1. The quantitative estimate of drug-likeness (QED) is 0.788. The van der Waals surface area contributed by atoms with Gasteiger partial charge in [0.2, 0.25) is 11.8 Å². The van der Waals surface area contributed by atoms with Gasteiger partial charge >= 0.3 is 0 Å². The van der Waals surface area contributed by atoms with Crippen LogP contribution in [0.1, 0.15) is 22.8 Å². The minimum absolute atomic E-state index is 0.0163. The summed E-state index contributed by atoms with van der Waals surface area (Å²) in [5.41, 5.74) is 1.43. The van der Waals surface area contributed by atoms with Gasteiger partial charge in [0.25, 0.3) is 0 Å². The van der Waals surface area contributed by atoms with E-state index in [0.717, 1.165) is 18.7 Å². The number of aromatic nitrogens is 2. The van der Waals surface area contributed by atoms with Crippen LogP contribution in [0, 0.1) is 18.3 Å². The second kappa shape index (κ2) is 7.73. The smallest absolute Gasteiger partial charge is 0.246 e. The van der Waals surface area contributed by atoms with Crippen LogP contribution in [0.4, 0.5) is 0 Å². The molecule has 0 atom stereocenters. The lowest BCUT2D eigenvalue weighted by atomic mass is 10.1. The molecule has 0 saturated carbocycles. The molecule has 0 unspecified atom stereocenters. The van der Waals surface area contributed by atoms with Gasteiger partial charge in [-0.05, 0) is 23.8 Å². The fourth-order valence-electron chi connectivity index (χ4n) is 2.72. The molecule has 7 heteroatoms. The van der Waals surface area contributed by atoms with E-state index >= 15 is 0 Å². The molecular formula is C18H19N5O2. The molecule has 0 radical (unpaired) electrons. The Balaban J connectivity index is 1.51. The molecule has 128 valence electrons. The monoisotopic (exact) mass is 337 g/mol. The van der Waals surface area contributed by atoms with Crippen LogP contribution in [0.15, 0.2) is 34.9 Å². The Labute approximate surface area is 146 Å². The zero-order valence-electron chi connectivity index (χ0n) is 14.1. The average molecular weight is 337 g/mol. The van der Waals surface area contributed by atoms with Crippen molar-refractivity contribution in [3.05, 3.63) is 53.2 Å². The molecule has 2 aromatic rings. The summed E-state index contributed by atoms with van der Waals surface area (Å²) in [6.45, 7) is 5.28. The number of carbonyl (C=O) groups excluding carboxylic acids is 1. The number of piperazine rings is 1. The van der Waals surface area contributed by atoms with Crippen LogP contribution in [-0.4, -0.2) is 52.0 Å². The molecule has 1 aromatic carbocycles. The maximum absolute atomic E-state index is 12.3. The number of nitriles is 1. The summed E-state index contributed by atoms with van der Waals surface area (Å²) in [7, 11) is 0. The molecular weight excluding hydrogens is 318 g/mol. The zero-order valence-corrected chi connectivity index (χ0v) is 14.1. The molecule has 1 amide bonds. The molecule has 1 fully saturated rings. The molecule has 1 aliphatic rings. The normalized spacial score (nSPS) is 15.4. The predicted molar refractivity (Wildman–Crippen MR) is 91.1 cm³/mol. The topological polar surface area (TPSA) is 86.3 Å². The van der Waals surface area contributed by atoms with E-state index < -0.39 is 0 Å². The third kappa shape index (κ3) is 4.52. The van der Waals surface area contributed by atoms with Crippen LogP contribution in [0.3, 0.4) is 0 Å². The molecule has 0 spiro atoms. The Morgan fingerprint density at radius 2 is 2.16 bits per heavy atom. The van der Waals surface area contributed by atoms with E-state index in [9.17, 15) is 4.79 Å². The van der Waals surface area contributed by atoms with Crippen molar-refractivity contribution < 1.29 is 9.32 Å². The Morgan fingerprint density at radius 1 is 1.36 bits per heavy atom. The Bertz CT molecular complexity index is 813. The fraction of sp³-hybridized carbons (Fsp3) is 0.333. The standard InChI is InChI=1S/C18H19N5O2/c1-14-20-17(21-25-14)13-22-7-9-23(10-8-22)18(24)6-5-15-3-2-4-16(11-15)12-19/h2-6,11H,7-10,13H2,1H3/b6-5-. The van der Waals surface area contributed by atoms with Gasteiger partial charge in [0.05, 0.1) is 18.2 Å². The summed E-state index contributed by atoms with van der Waals surface area (Å²) < 4.78 is 4.97. The van der Waals surface area contributed by atoms with Gasteiger partial charge < -0.3 is 9.42 Å². The third-order valence-electron chi connectivity index (χ3n) is 4.05. The van der Waals surface area contributed by atoms with Gasteiger partial charge in [-0.15, -0.1) is 0 Å². The van der Waals surface area contributed by atoms with Crippen molar-refractivity contribution in [1.82, 2.24) is 19.9 Å². The summed E-state index contributed by atoms with van der Waals surface area (Å²) in [5.74, 6) is 1.22. The van der Waals surface area contributed by atoms with Gasteiger partial charge in [-0.3, -0.25) is 9.69 Å². The van der Waals surface area contributed by atoms with Crippen LogP contribution in [0.5, 0.6) is 0 Å². The van der Waals surface area contributed by atoms with Crippen LogP contribution in [0.25, 0.3) is 6.08 Å². The van der Waals surface area contributed by atoms with Crippen LogP contribution < -0.4 is 0 Å². The van der Waals surface area contributed by atoms with Gasteiger partial charge in [-0.25, -0.2) is 0 Å². The summed E-state index contributed by atoms with van der Waals surface area (Å²) in [4.78, 5) is 20.5. The largest absolute Gasteiger partial charge is 0.340 e. The van der Waals surface area contributed by atoms with E-state index in [2.05, 4.69) is 21.1 Å². The number of hydrogen-bond donors (Lipinski definition) is 0. The van der Waals surface area contributed by atoms with Crippen molar-refractivity contribution in [2.45, 2.75) is 13.5 Å². The first-order chi connectivity index (χ1) is 12.1. The maximum atomic E-state index is 12.3. The predicted octanol–water partition coefficient (Wildman–Crippen LogP) is 1.61. The Kier molecular flexibility index (Phi) is 5.21. The second-order valence-electron chi connectivity index (χ2n) is 5.90. The van der Waals surface area contributed by atoms with Crippen molar-refractivity contribution in [2.75, 3.05) is 26.2 Å². The number of amides is 1.